The SMILES string of the molecule is CCNC1CCCCCCC1Sc1cc(C)cc(C)n1. The van der Waals surface area contributed by atoms with Gasteiger partial charge in [0.2, 0.25) is 0 Å². The molecule has 0 amide bonds. The molecule has 0 saturated heterocycles. The molecule has 0 aromatic carbocycles. The molecule has 2 unspecified atom stereocenters. The lowest BCUT2D eigenvalue weighted by atomic mass is 9.96. The fourth-order valence-electron chi connectivity index (χ4n) is 3.11. The molecule has 20 heavy (non-hydrogen) atoms. The Labute approximate surface area is 128 Å². The van der Waals surface area contributed by atoms with Gasteiger partial charge < -0.3 is 5.32 Å². The van der Waals surface area contributed by atoms with Crippen molar-refractivity contribution in [1.29, 1.82) is 0 Å². The quantitative estimate of drug-likeness (QED) is 0.885. The summed E-state index contributed by atoms with van der Waals surface area (Å²) in [7, 11) is 0. The van der Waals surface area contributed by atoms with Crippen LogP contribution in [0.1, 0.15) is 56.7 Å². The second kappa shape index (κ2) is 8.04. The fourth-order valence-corrected chi connectivity index (χ4v) is 4.55. The van der Waals surface area contributed by atoms with Gasteiger partial charge in [-0.15, -0.1) is 11.8 Å². The van der Waals surface area contributed by atoms with Gasteiger partial charge in [0.15, 0.2) is 0 Å². The number of rotatable bonds is 4. The first-order chi connectivity index (χ1) is 9.69. The van der Waals surface area contributed by atoms with Gasteiger partial charge in [-0.3, -0.25) is 0 Å². The average Bonchev–Trinajstić information content (AvgIpc) is 2.36. The van der Waals surface area contributed by atoms with E-state index in [4.69, 9.17) is 4.98 Å². The molecule has 2 nitrogen and oxygen atoms in total. The Morgan fingerprint density at radius 1 is 1.15 bits per heavy atom. The van der Waals surface area contributed by atoms with E-state index >= 15 is 0 Å². The van der Waals surface area contributed by atoms with Crippen LogP contribution < -0.4 is 5.32 Å². The van der Waals surface area contributed by atoms with E-state index in [0.717, 1.165) is 12.2 Å². The number of hydrogen-bond donors (Lipinski definition) is 1. The fraction of sp³-hybridized carbons (Fsp3) is 0.706. The van der Waals surface area contributed by atoms with E-state index in [0.29, 0.717) is 11.3 Å². The van der Waals surface area contributed by atoms with Crippen molar-refractivity contribution < 1.29 is 0 Å². The second-order valence-corrected chi connectivity index (χ2v) is 7.20. The highest BCUT2D eigenvalue weighted by atomic mass is 32.2. The van der Waals surface area contributed by atoms with Crippen LogP contribution in [0.3, 0.4) is 0 Å². The minimum Gasteiger partial charge on any atom is -0.313 e. The first-order valence-electron chi connectivity index (χ1n) is 8.04. The standard InChI is InChI=1S/C17H28N2S/c1-4-18-15-9-7-5-6-8-10-16(15)20-17-12-13(2)11-14(3)19-17/h11-12,15-16,18H,4-10H2,1-3H3. The highest BCUT2D eigenvalue weighted by Crippen LogP contribution is 2.32. The number of thioether (sulfide) groups is 1. The summed E-state index contributed by atoms with van der Waals surface area (Å²) in [5.74, 6) is 0. The van der Waals surface area contributed by atoms with Crippen LogP contribution >= 0.6 is 11.8 Å². The van der Waals surface area contributed by atoms with Crippen LogP contribution in [0.15, 0.2) is 17.2 Å². The smallest absolute Gasteiger partial charge is 0.0968 e. The lowest BCUT2D eigenvalue weighted by molar-refractivity contribution is 0.406. The van der Waals surface area contributed by atoms with Crippen molar-refractivity contribution >= 4 is 11.8 Å². The van der Waals surface area contributed by atoms with Crippen molar-refractivity contribution in [2.24, 2.45) is 0 Å². The number of aromatic nitrogens is 1. The van der Waals surface area contributed by atoms with Gasteiger partial charge in [-0.2, -0.15) is 0 Å². The Kier molecular flexibility index (Phi) is 6.37. The number of nitrogens with zero attached hydrogens (tertiary/aromatic N) is 1. The summed E-state index contributed by atoms with van der Waals surface area (Å²) < 4.78 is 0. The molecule has 1 aliphatic rings. The van der Waals surface area contributed by atoms with Crippen molar-refractivity contribution in [2.75, 3.05) is 6.54 Å². The molecule has 0 radical (unpaired) electrons. The lowest BCUT2D eigenvalue weighted by Crippen LogP contribution is -2.38. The Bertz CT molecular complexity index is 399. The molecule has 3 heteroatoms. The third kappa shape index (κ3) is 4.78. The van der Waals surface area contributed by atoms with Gasteiger partial charge in [-0.05, 0) is 50.9 Å². The molecule has 112 valence electrons. The van der Waals surface area contributed by atoms with Gasteiger partial charge in [0.1, 0.15) is 0 Å². The zero-order chi connectivity index (χ0) is 14.4. The molecule has 1 aromatic heterocycles. The number of hydrogen-bond acceptors (Lipinski definition) is 3. The van der Waals surface area contributed by atoms with Gasteiger partial charge in [-0.1, -0.05) is 32.6 Å². The average molecular weight is 292 g/mol. The van der Waals surface area contributed by atoms with Crippen LogP contribution in [0.25, 0.3) is 0 Å². The summed E-state index contributed by atoms with van der Waals surface area (Å²) in [6, 6.07) is 5.04. The summed E-state index contributed by atoms with van der Waals surface area (Å²) in [6.45, 7) is 7.55. The molecular weight excluding hydrogens is 264 g/mol. The highest BCUT2D eigenvalue weighted by molar-refractivity contribution is 7.99. The number of aryl methyl sites for hydroxylation is 2. The first-order valence-corrected chi connectivity index (χ1v) is 8.92. The Balaban J connectivity index is 2.08. The number of nitrogens with one attached hydrogen (secondary N) is 1. The highest BCUT2D eigenvalue weighted by Gasteiger charge is 2.23. The molecule has 2 atom stereocenters. The molecule has 1 aromatic rings. The van der Waals surface area contributed by atoms with Crippen molar-refractivity contribution in [3.8, 4) is 0 Å². The Morgan fingerprint density at radius 3 is 2.60 bits per heavy atom. The zero-order valence-electron chi connectivity index (χ0n) is 13.1. The molecule has 1 N–H and O–H groups in total. The minimum atomic E-state index is 0.646. The van der Waals surface area contributed by atoms with Crippen LogP contribution in [-0.4, -0.2) is 22.8 Å². The third-order valence-electron chi connectivity index (χ3n) is 4.02. The van der Waals surface area contributed by atoms with Crippen LogP contribution in [-0.2, 0) is 0 Å². The third-order valence-corrected chi connectivity index (χ3v) is 5.33. The second-order valence-electron chi connectivity index (χ2n) is 5.94. The van der Waals surface area contributed by atoms with E-state index in [2.05, 4.69) is 38.2 Å². The normalized spacial score (nSPS) is 24.1. The molecule has 1 heterocycles. The van der Waals surface area contributed by atoms with Gasteiger partial charge in [0.25, 0.3) is 0 Å². The largest absolute Gasteiger partial charge is 0.313 e. The van der Waals surface area contributed by atoms with Gasteiger partial charge >= 0.3 is 0 Å². The van der Waals surface area contributed by atoms with E-state index in [-0.39, 0.29) is 0 Å². The van der Waals surface area contributed by atoms with Crippen LogP contribution in [0.5, 0.6) is 0 Å². The maximum absolute atomic E-state index is 4.71. The van der Waals surface area contributed by atoms with Crippen LogP contribution in [0, 0.1) is 13.8 Å². The summed E-state index contributed by atoms with van der Waals surface area (Å²) in [5, 5.41) is 5.58. The summed E-state index contributed by atoms with van der Waals surface area (Å²) in [5.41, 5.74) is 2.46. The summed E-state index contributed by atoms with van der Waals surface area (Å²) in [4.78, 5) is 4.71. The summed E-state index contributed by atoms with van der Waals surface area (Å²) in [6.07, 6.45) is 8.17. The predicted molar refractivity (Wildman–Crippen MR) is 88.5 cm³/mol. The monoisotopic (exact) mass is 292 g/mol. The van der Waals surface area contributed by atoms with E-state index in [1.807, 2.05) is 11.8 Å². The maximum Gasteiger partial charge on any atom is 0.0968 e. The summed E-state index contributed by atoms with van der Waals surface area (Å²) >= 11 is 1.99. The zero-order valence-corrected chi connectivity index (χ0v) is 13.9. The number of pyridine rings is 1. The minimum absolute atomic E-state index is 0.646. The first kappa shape index (κ1) is 15.8. The van der Waals surface area contributed by atoms with Crippen molar-refractivity contribution in [3.63, 3.8) is 0 Å². The van der Waals surface area contributed by atoms with E-state index in [9.17, 15) is 0 Å². The molecule has 0 bridgehead atoms. The maximum atomic E-state index is 4.71. The Hall–Kier alpha value is -0.540. The van der Waals surface area contributed by atoms with Crippen molar-refractivity contribution in [2.45, 2.75) is 75.6 Å². The van der Waals surface area contributed by atoms with Crippen molar-refractivity contribution in [1.82, 2.24) is 10.3 Å². The van der Waals surface area contributed by atoms with E-state index < -0.39 is 0 Å². The van der Waals surface area contributed by atoms with Gasteiger partial charge in [-0.25, -0.2) is 4.98 Å². The van der Waals surface area contributed by atoms with Crippen LogP contribution in [0.2, 0.25) is 0 Å². The van der Waals surface area contributed by atoms with Gasteiger partial charge in [0, 0.05) is 17.0 Å². The van der Waals surface area contributed by atoms with Gasteiger partial charge in [0.05, 0.1) is 5.03 Å². The predicted octanol–water partition coefficient (Wildman–Crippen LogP) is 4.49. The molecule has 0 aliphatic heterocycles. The Morgan fingerprint density at radius 2 is 1.90 bits per heavy atom. The van der Waals surface area contributed by atoms with Crippen molar-refractivity contribution in [3.05, 3.63) is 23.4 Å². The molecular formula is C17H28N2S. The molecule has 1 saturated carbocycles. The topological polar surface area (TPSA) is 24.9 Å². The lowest BCUT2D eigenvalue weighted by Gasteiger charge is -2.29. The van der Waals surface area contributed by atoms with Crippen LogP contribution in [0.4, 0.5) is 0 Å². The van der Waals surface area contributed by atoms with E-state index in [1.54, 1.807) is 0 Å². The molecule has 1 aliphatic carbocycles. The molecule has 0 spiro atoms. The van der Waals surface area contributed by atoms with E-state index in [1.165, 1.54) is 49.1 Å². The molecule has 1 fully saturated rings. The molecule has 2 rings (SSSR count).